The number of aryl methyl sites for hydroxylation is 1. The van der Waals surface area contributed by atoms with E-state index in [1.54, 1.807) is 35.1 Å². The number of nitrogens with zero attached hydrogens (tertiary/aromatic N) is 3. The lowest BCUT2D eigenvalue weighted by Gasteiger charge is -2.48. The highest BCUT2D eigenvalue weighted by molar-refractivity contribution is 6.32. The van der Waals surface area contributed by atoms with Gasteiger partial charge in [-0.3, -0.25) is 14.4 Å². The third-order valence-electron chi connectivity index (χ3n) is 7.26. The van der Waals surface area contributed by atoms with Crippen LogP contribution in [0.2, 0.25) is 5.02 Å². The molecule has 1 saturated heterocycles. The van der Waals surface area contributed by atoms with E-state index in [0.29, 0.717) is 48.1 Å². The number of carbonyl (C=O) groups is 3. The number of hydrogen-bond acceptors (Lipinski definition) is 5. The van der Waals surface area contributed by atoms with Gasteiger partial charge < -0.3 is 14.5 Å². The summed E-state index contributed by atoms with van der Waals surface area (Å²) in [7, 11) is 0. The molecule has 0 N–H and O–H groups in total. The van der Waals surface area contributed by atoms with Crippen molar-refractivity contribution in [3.63, 3.8) is 0 Å². The Hall–Kier alpha value is -2.93. The molecule has 1 fully saturated rings. The second-order valence-electron chi connectivity index (χ2n) is 9.57. The Bertz CT molecular complexity index is 1180. The van der Waals surface area contributed by atoms with E-state index in [0.717, 1.165) is 11.1 Å². The number of piperidine rings is 1. The van der Waals surface area contributed by atoms with Gasteiger partial charge in [0.1, 0.15) is 22.7 Å². The Kier molecular flexibility index (Phi) is 5.01. The maximum atomic E-state index is 13.6. The maximum Gasteiger partial charge on any atom is 0.250 e. The van der Waals surface area contributed by atoms with E-state index in [-0.39, 0.29) is 30.4 Å². The number of Topliss-reactive ketones (excluding diaryl/α,β-unsaturated/α-hetero) is 1. The highest BCUT2D eigenvalue weighted by Crippen LogP contribution is 2.43. The number of amidine groups is 1. The van der Waals surface area contributed by atoms with E-state index in [1.165, 1.54) is 0 Å². The number of aliphatic imine (C=N–C) groups is 1. The minimum absolute atomic E-state index is 0.0246. The molecule has 1 aromatic rings. The molecule has 1 aromatic carbocycles. The Morgan fingerprint density at radius 3 is 2.61 bits per heavy atom. The van der Waals surface area contributed by atoms with Gasteiger partial charge in [-0.05, 0) is 50.1 Å². The van der Waals surface area contributed by atoms with Gasteiger partial charge in [-0.25, -0.2) is 0 Å². The Labute approximate surface area is 197 Å². The summed E-state index contributed by atoms with van der Waals surface area (Å²) >= 11 is 6.36. The summed E-state index contributed by atoms with van der Waals surface area (Å²) in [4.78, 5) is 46.6. The molecule has 5 rings (SSSR count). The molecule has 0 aliphatic carbocycles. The van der Waals surface area contributed by atoms with Crippen molar-refractivity contribution in [1.82, 2.24) is 9.80 Å². The van der Waals surface area contributed by atoms with Crippen molar-refractivity contribution in [1.29, 1.82) is 0 Å². The van der Waals surface area contributed by atoms with Crippen LogP contribution in [0, 0.1) is 13.8 Å². The molecule has 4 aliphatic heterocycles. The van der Waals surface area contributed by atoms with E-state index in [2.05, 4.69) is 4.99 Å². The van der Waals surface area contributed by atoms with Crippen molar-refractivity contribution < 1.29 is 19.1 Å². The smallest absolute Gasteiger partial charge is 0.250 e. The van der Waals surface area contributed by atoms with Crippen molar-refractivity contribution >= 4 is 35.0 Å². The summed E-state index contributed by atoms with van der Waals surface area (Å²) in [6.07, 6.45) is 8.56. The van der Waals surface area contributed by atoms with Gasteiger partial charge in [0.15, 0.2) is 5.78 Å². The van der Waals surface area contributed by atoms with Crippen molar-refractivity contribution in [2.24, 2.45) is 4.99 Å². The second kappa shape index (κ2) is 7.55. The zero-order valence-corrected chi connectivity index (χ0v) is 19.7. The summed E-state index contributed by atoms with van der Waals surface area (Å²) in [5.41, 5.74) is 0.550. The number of amides is 2. The molecular weight excluding hydrogens is 442 g/mol. The zero-order valence-electron chi connectivity index (χ0n) is 19.0. The van der Waals surface area contributed by atoms with Gasteiger partial charge in [0.05, 0.1) is 18.4 Å². The molecule has 1 spiro atoms. The number of benzene rings is 1. The first kappa shape index (κ1) is 21.9. The SMILES string of the molecule is Cc1cc2c(c(C)c1Cl)C(=O)CC1(CCN(C(=O)C3(C)CC(=O)N=C4C=CC=CN43)CC1)O2. The molecule has 8 heteroatoms. The lowest BCUT2D eigenvalue weighted by molar-refractivity contribution is -0.147. The van der Waals surface area contributed by atoms with Crippen molar-refractivity contribution in [3.8, 4) is 5.75 Å². The predicted octanol–water partition coefficient (Wildman–Crippen LogP) is 3.76. The van der Waals surface area contributed by atoms with Crippen LogP contribution in [0.25, 0.3) is 0 Å². The van der Waals surface area contributed by atoms with Gasteiger partial charge in [0.2, 0.25) is 5.91 Å². The molecule has 2 amide bonds. The third kappa shape index (κ3) is 3.41. The number of likely N-dealkylation sites (tertiary alicyclic amines) is 1. The molecule has 4 heterocycles. The zero-order chi connectivity index (χ0) is 23.5. The lowest BCUT2D eigenvalue weighted by Crippen LogP contribution is -2.63. The fourth-order valence-electron chi connectivity index (χ4n) is 5.40. The molecule has 0 radical (unpaired) electrons. The predicted molar refractivity (Wildman–Crippen MR) is 125 cm³/mol. The van der Waals surface area contributed by atoms with Crippen LogP contribution in [0.4, 0.5) is 0 Å². The maximum absolute atomic E-state index is 13.6. The summed E-state index contributed by atoms with van der Waals surface area (Å²) in [6, 6.07) is 1.84. The van der Waals surface area contributed by atoms with Crippen LogP contribution in [0.1, 0.15) is 54.1 Å². The van der Waals surface area contributed by atoms with E-state index in [9.17, 15) is 14.4 Å². The summed E-state index contributed by atoms with van der Waals surface area (Å²) in [6.45, 7) is 6.46. The topological polar surface area (TPSA) is 79.3 Å². The van der Waals surface area contributed by atoms with E-state index >= 15 is 0 Å². The second-order valence-corrected chi connectivity index (χ2v) is 9.95. The van der Waals surface area contributed by atoms with Crippen LogP contribution >= 0.6 is 11.6 Å². The van der Waals surface area contributed by atoms with Crippen LogP contribution in [0.15, 0.2) is 35.5 Å². The molecule has 4 aliphatic rings. The van der Waals surface area contributed by atoms with Crippen molar-refractivity contribution in [2.45, 2.75) is 57.6 Å². The first-order valence-corrected chi connectivity index (χ1v) is 11.6. The van der Waals surface area contributed by atoms with Gasteiger partial charge in [-0.15, -0.1) is 0 Å². The van der Waals surface area contributed by atoms with E-state index < -0.39 is 11.1 Å². The summed E-state index contributed by atoms with van der Waals surface area (Å²) in [5.74, 6) is 0.694. The normalized spacial score (nSPS) is 25.5. The van der Waals surface area contributed by atoms with Gasteiger partial charge in [0, 0.05) is 37.2 Å². The summed E-state index contributed by atoms with van der Waals surface area (Å²) < 4.78 is 6.43. The highest BCUT2D eigenvalue weighted by Gasteiger charge is 2.50. The highest BCUT2D eigenvalue weighted by atomic mass is 35.5. The van der Waals surface area contributed by atoms with Crippen molar-refractivity contribution in [2.75, 3.05) is 13.1 Å². The van der Waals surface area contributed by atoms with Crippen LogP contribution in [-0.4, -0.2) is 57.5 Å². The quantitative estimate of drug-likeness (QED) is 0.628. The molecule has 1 atom stereocenters. The first-order valence-electron chi connectivity index (χ1n) is 11.2. The van der Waals surface area contributed by atoms with Gasteiger partial charge in [-0.2, -0.15) is 4.99 Å². The number of rotatable bonds is 1. The van der Waals surface area contributed by atoms with Crippen LogP contribution < -0.4 is 4.74 Å². The average molecular weight is 468 g/mol. The van der Waals surface area contributed by atoms with Crippen LogP contribution in [-0.2, 0) is 9.59 Å². The first-order chi connectivity index (χ1) is 15.6. The number of hydrogen-bond donors (Lipinski definition) is 0. The lowest BCUT2D eigenvalue weighted by atomic mass is 9.80. The number of carbonyl (C=O) groups excluding carboxylic acids is 3. The molecule has 172 valence electrons. The van der Waals surface area contributed by atoms with Crippen LogP contribution in [0.5, 0.6) is 5.75 Å². The number of ketones is 1. The summed E-state index contributed by atoms with van der Waals surface area (Å²) in [5, 5.41) is 0.599. The van der Waals surface area contributed by atoms with Gasteiger partial charge in [-0.1, -0.05) is 17.7 Å². The van der Waals surface area contributed by atoms with E-state index in [4.69, 9.17) is 16.3 Å². The third-order valence-corrected chi connectivity index (χ3v) is 7.84. The molecule has 0 saturated carbocycles. The standard InChI is InChI=1S/C25H26ClN3O4/c1-15-12-18-21(16(2)22(15)26)17(30)13-25(33-18)7-10-28(11-8-25)23(32)24(3)14-20(31)27-19-6-4-5-9-29(19)24/h4-6,9,12H,7-8,10-11,13-14H2,1-3H3. The fraction of sp³-hybridized carbons (Fsp3) is 0.440. The number of fused-ring (bicyclic) bond motifs is 2. The molecule has 0 bridgehead atoms. The molecule has 0 aromatic heterocycles. The van der Waals surface area contributed by atoms with Gasteiger partial charge in [0.25, 0.3) is 5.91 Å². The monoisotopic (exact) mass is 467 g/mol. The number of allylic oxidation sites excluding steroid dienone is 2. The number of halogens is 1. The molecule has 33 heavy (non-hydrogen) atoms. The Morgan fingerprint density at radius 1 is 1.15 bits per heavy atom. The minimum atomic E-state index is -1.03. The fourth-order valence-corrected chi connectivity index (χ4v) is 5.55. The Balaban J connectivity index is 1.35. The number of ether oxygens (including phenoxy) is 1. The average Bonchev–Trinajstić information content (AvgIpc) is 2.77. The van der Waals surface area contributed by atoms with Crippen molar-refractivity contribution in [3.05, 3.63) is 52.2 Å². The van der Waals surface area contributed by atoms with Crippen LogP contribution in [0.3, 0.4) is 0 Å². The largest absolute Gasteiger partial charge is 0.486 e. The minimum Gasteiger partial charge on any atom is -0.486 e. The Morgan fingerprint density at radius 2 is 1.88 bits per heavy atom. The molecular formula is C25H26ClN3O4. The van der Waals surface area contributed by atoms with E-state index in [1.807, 2.05) is 26.0 Å². The van der Waals surface area contributed by atoms with Gasteiger partial charge >= 0.3 is 0 Å². The molecule has 1 unspecified atom stereocenters. The molecule has 7 nitrogen and oxygen atoms in total.